The monoisotopic (exact) mass is 444 g/mol. The summed E-state index contributed by atoms with van der Waals surface area (Å²) >= 11 is 1.57. The van der Waals surface area contributed by atoms with E-state index in [1.54, 1.807) is 17.6 Å². The highest BCUT2D eigenvalue weighted by molar-refractivity contribution is 7.11. The summed E-state index contributed by atoms with van der Waals surface area (Å²) in [6, 6.07) is 11.5. The molecule has 0 unspecified atom stereocenters. The van der Waals surface area contributed by atoms with Gasteiger partial charge in [0.25, 0.3) is 5.91 Å². The van der Waals surface area contributed by atoms with E-state index in [2.05, 4.69) is 16.5 Å². The van der Waals surface area contributed by atoms with Crippen LogP contribution >= 0.6 is 11.3 Å². The average molecular weight is 445 g/mol. The molecule has 3 N–H and O–H groups in total. The van der Waals surface area contributed by atoms with E-state index >= 15 is 0 Å². The lowest BCUT2D eigenvalue weighted by Gasteiger charge is -2.12. The van der Waals surface area contributed by atoms with Gasteiger partial charge in [-0.1, -0.05) is 29.8 Å². The van der Waals surface area contributed by atoms with E-state index in [0.29, 0.717) is 28.8 Å². The van der Waals surface area contributed by atoms with Gasteiger partial charge in [0.2, 0.25) is 0 Å². The number of thiophene rings is 1. The van der Waals surface area contributed by atoms with Crippen LogP contribution in [0.3, 0.4) is 0 Å². The first-order valence-corrected chi connectivity index (χ1v) is 11.7. The topological polar surface area (TPSA) is 98.2 Å². The summed E-state index contributed by atoms with van der Waals surface area (Å²) in [6.45, 7) is 0.566. The molecule has 8 heteroatoms. The van der Waals surface area contributed by atoms with Crippen molar-refractivity contribution in [1.29, 1.82) is 0 Å². The van der Waals surface area contributed by atoms with Gasteiger partial charge in [0, 0.05) is 11.4 Å². The highest BCUT2D eigenvalue weighted by Gasteiger charge is 2.24. The Morgan fingerprint density at radius 2 is 2.03 bits per heavy atom. The maximum absolute atomic E-state index is 13.2. The highest BCUT2D eigenvalue weighted by Crippen LogP contribution is 2.28. The summed E-state index contributed by atoms with van der Waals surface area (Å²) in [4.78, 5) is 23.6. The zero-order chi connectivity index (χ0) is 21.9. The van der Waals surface area contributed by atoms with Crippen LogP contribution in [0.15, 0.2) is 58.5 Å². The second kappa shape index (κ2) is 8.92. The number of hydrogen-bond donors (Lipinski definition) is 2. The zero-order valence-electron chi connectivity index (χ0n) is 17.6. The lowest BCUT2D eigenvalue weighted by molar-refractivity contribution is 0.0956. The van der Waals surface area contributed by atoms with Gasteiger partial charge in [-0.05, 0) is 55.7 Å². The van der Waals surface area contributed by atoms with E-state index in [9.17, 15) is 4.79 Å². The first-order chi connectivity index (χ1) is 15.7. The van der Waals surface area contributed by atoms with Gasteiger partial charge >= 0.3 is 0 Å². The number of anilines is 1. The predicted molar refractivity (Wildman–Crippen MR) is 130 cm³/mol. The number of carbonyl (C=O) groups is 1. The van der Waals surface area contributed by atoms with E-state index in [-0.39, 0.29) is 11.7 Å². The van der Waals surface area contributed by atoms with Crippen molar-refractivity contribution in [3.63, 3.8) is 0 Å². The minimum Gasteiger partial charge on any atom is -0.383 e. The van der Waals surface area contributed by atoms with E-state index in [1.165, 1.54) is 23.1 Å². The van der Waals surface area contributed by atoms with Crippen molar-refractivity contribution in [2.45, 2.75) is 32.1 Å². The van der Waals surface area contributed by atoms with Crippen molar-refractivity contribution < 1.29 is 4.79 Å². The van der Waals surface area contributed by atoms with Crippen molar-refractivity contribution >= 4 is 51.5 Å². The van der Waals surface area contributed by atoms with Crippen LogP contribution in [0.1, 0.15) is 47.3 Å². The third-order valence-corrected chi connectivity index (χ3v) is 6.47. The number of nitrogens with zero attached hydrogens (tertiary/aromatic N) is 4. The number of carbonyl (C=O) groups excluding carboxylic acids is 1. The van der Waals surface area contributed by atoms with Crippen molar-refractivity contribution in [2.75, 3.05) is 12.3 Å². The SMILES string of the molecule is Nc1c(C(=O)NCCC2=CCCCC2)c2nc3ccccc3nc2n1N=Cc1cccs1. The molecular weight excluding hydrogens is 420 g/mol. The first-order valence-electron chi connectivity index (χ1n) is 10.8. The molecule has 32 heavy (non-hydrogen) atoms. The second-order valence-electron chi connectivity index (χ2n) is 7.83. The predicted octanol–water partition coefficient (Wildman–Crippen LogP) is 4.73. The first kappa shape index (κ1) is 20.4. The maximum Gasteiger partial charge on any atom is 0.257 e. The Bertz CT molecular complexity index is 1340. The van der Waals surface area contributed by atoms with Crippen LogP contribution in [0, 0.1) is 0 Å². The Kier molecular flexibility index (Phi) is 5.68. The average Bonchev–Trinajstić information content (AvgIpc) is 3.42. The number of hydrogen-bond acceptors (Lipinski definition) is 6. The Hall–Kier alpha value is -3.52. The molecule has 3 aromatic heterocycles. The van der Waals surface area contributed by atoms with Crippen LogP contribution < -0.4 is 11.1 Å². The van der Waals surface area contributed by atoms with Gasteiger partial charge in [0.05, 0.1) is 17.2 Å². The Balaban J connectivity index is 1.51. The number of amides is 1. The van der Waals surface area contributed by atoms with Crippen LogP contribution in [-0.4, -0.2) is 33.3 Å². The summed E-state index contributed by atoms with van der Waals surface area (Å²) in [5.41, 5.74) is 10.5. The van der Waals surface area contributed by atoms with Gasteiger partial charge in [0.15, 0.2) is 5.65 Å². The Labute approximate surface area is 189 Å². The van der Waals surface area contributed by atoms with Gasteiger partial charge < -0.3 is 11.1 Å². The molecule has 0 atom stereocenters. The number of aromatic nitrogens is 3. The van der Waals surface area contributed by atoms with E-state index < -0.39 is 0 Å². The quantitative estimate of drug-likeness (QED) is 0.332. The van der Waals surface area contributed by atoms with E-state index in [1.807, 2.05) is 41.8 Å². The normalized spacial score (nSPS) is 14.3. The molecule has 1 aliphatic carbocycles. The summed E-state index contributed by atoms with van der Waals surface area (Å²) in [6.07, 6.45) is 9.60. The number of benzene rings is 1. The fourth-order valence-corrected chi connectivity index (χ4v) is 4.60. The molecule has 0 radical (unpaired) electrons. The summed E-state index contributed by atoms with van der Waals surface area (Å²) < 4.78 is 1.51. The fourth-order valence-electron chi connectivity index (χ4n) is 4.02. The van der Waals surface area contributed by atoms with Gasteiger partial charge in [-0.2, -0.15) is 9.78 Å². The standard InChI is InChI=1S/C24H24N6OS/c25-22-20(24(31)26-13-12-16-7-2-1-3-8-16)21-23(29-19-11-5-4-10-18(19)28-21)30(22)27-15-17-9-6-14-32-17/h4-7,9-11,14-15H,1-3,8,12-13,25H2,(H,26,31). The van der Waals surface area contributed by atoms with E-state index in [4.69, 9.17) is 15.7 Å². The fraction of sp³-hybridized carbons (Fsp3) is 0.250. The molecule has 0 aliphatic heterocycles. The number of nitrogens with two attached hydrogens (primary N) is 1. The molecule has 0 bridgehead atoms. The van der Waals surface area contributed by atoms with Crippen molar-refractivity contribution in [3.05, 3.63) is 63.9 Å². The molecule has 0 spiro atoms. The largest absolute Gasteiger partial charge is 0.383 e. The molecule has 0 fully saturated rings. The number of nitrogen functional groups attached to an aromatic ring is 1. The molecular formula is C24H24N6OS. The van der Waals surface area contributed by atoms with Crippen LogP contribution in [-0.2, 0) is 0 Å². The van der Waals surface area contributed by atoms with Crippen molar-refractivity contribution in [1.82, 2.24) is 20.0 Å². The van der Waals surface area contributed by atoms with Crippen molar-refractivity contribution in [2.24, 2.45) is 5.10 Å². The van der Waals surface area contributed by atoms with Crippen LogP contribution in [0.4, 0.5) is 5.82 Å². The molecule has 5 rings (SSSR count). The van der Waals surface area contributed by atoms with Gasteiger partial charge in [-0.25, -0.2) is 9.97 Å². The third-order valence-electron chi connectivity index (χ3n) is 5.66. The van der Waals surface area contributed by atoms with Crippen LogP contribution in [0.5, 0.6) is 0 Å². The molecule has 1 amide bonds. The summed E-state index contributed by atoms with van der Waals surface area (Å²) in [5, 5.41) is 9.52. The minimum atomic E-state index is -0.251. The molecule has 1 aliphatic rings. The third kappa shape index (κ3) is 4.01. The Morgan fingerprint density at radius 3 is 2.78 bits per heavy atom. The van der Waals surface area contributed by atoms with Crippen molar-refractivity contribution in [3.8, 4) is 0 Å². The van der Waals surface area contributed by atoms with E-state index in [0.717, 1.165) is 29.7 Å². The molecule has 7 nitrogen and oxygen atoms in total. The summed E-state index contributed by atoms with van der Waals surface area (Å²) in [7, 11) is 0. The highest BCUT2D eigenvalue weighted by atomic mass is 32.1. The lowest BCUT2D eigenvalue weighted by Crippen LogP contribution is -2.25. The smallest absolute Gasteiger partial charge is 0.257 e. The second-order valence-corrected chi connectivity index (χ2v) is 8.81. The molecule has 1 aromatic carbocycles. The molecule has 4 aromatic rings. The maximum atomic E-state index is 13.2. The number of allylic oxidation sites excluding steroid dienone is 1. The number of nitrogens with one attached hydrogen (secondary N) is 1. The number of rotatable bonds is 6. The molecule has 0 saturated heterocycles. The molecule has 0 saturated carbocycles. The van der Waals surface area contributed by atoms with Crippen LogP contribution in [0.25, 0.3) is 22.2 Å². The van der Waals surface area contributed by atoms with Crippen LogP contribution in [0.2, 0.25) is 0 Å². The zero-order valence-corrected chi connectivity index (χ0v) is 18.4. The minimum absolute atomic E-state index is 0.234. The molecule has 3 heterocycles. The van der Waals surface area contributed by atoms with Gasteiger partial charge in [-0.3, -0.25) is 4.79 Å². The van der Waals surface area contributed by atoms with Gasteiger partial charge in [0.1, 0.15) is 16.9 Å². The Morgan fingerprint density at radius 1 is 1.19 bits per heavy atom. The number of para-hydroxylation sites is 2. The molecule has 162 valence electrons. The van der Waals surface area contributed by atoms with Gasteiger partial charge in [-0.15, -0.1) is 11.3 Å². The summed E-state index contributed by atoms with van der Waals surface area (Å²) in [5.74, 6) is -0.0175. The lowest BCUT2D eigenvalue weighted by atomic mass is 9.97. The number of fused-ring (bicyclic) bond motifs is 2.